The maximum Gasteiger partial charge on any atom is 0.328 e. The number of carboxylic acid groups (broad SMARTS) is 1. The van der Waals surface area contributed by atoms with Gasteiger partial charge in [-0.1, -0.05) is 36.4 Å². The van der Waals surface area contributed by atoms with Crippen molar-refractivity contribution in [1.82, 2.24) is 5.32 Å². The Balaban J connectivity index is 1.87. The van der Waals surface area contributed by atoms with E-state index in [4.69, 9.17) is 14.6 Å². The van der Waals surface area contributed by atoms with E-state index >= 15 is 0 Å². The molecule has 0 radical (unpaired) electrons. The molecule has 0 heterocycles. The summed E-state index contributed by atoms with van der Waals surface area (Å²) in [6.07, 6.45) is 3.26. The number of benzene rings is 2. The predicted octanol–water partition coefficient (Wildman–Crippen LogP) is 2.92. The lowest BCUT2D eigenvalue weighted by molar-refractivity contribution is -0.131. The molecule has 2 aromatic rings. The molecular formula is C21H23NO5. The van der Waals surface area contributed by atoms with Crippen LogP contribution in [0, 0.1) is 0 Å². The molecule has 2 N–H and O–H groups in total. The minimum atomic E-state index is -1.03. The number of rotatable bonds is 10. The summed E-state index contributed by atoms with van der Waals surface area (Å²) >= 11 is 0. The molecule has 0 fully saturated rings. The van der Waals surface area contributed by atoms with Crippen molar-refractivity contribution in [2.24, 2.45) is 0 Å². The summed E-state index contributed by atoms with van der Waals surface area (Å²) < 4.78 is 11.1. The molecule has 0 saturated heterocycles. The van der Waals surface area contributed by atoms with Gasteiger partial charge in [0.05, 0.1) is 6.61 Å². The lowest BCUT2D eigenvalue weighted by Crippen LogP contribution is -2.30. The second-order valence-electron chi connectivity index (χ2n) is 5.68. The number of carbonyl (C=O) groups excluding carboxylic acids is 1. The zero-order valence-corrected chi connectivity index (χ0v) is 15.2. The normalized spacial score (nSPS) is 10.6. The van der Waals surface area contributed by atoms with E-state index in [0.29, 0.717) is 30.2 Å². The molecule has 0 saturated carbocycles. The van der Waals surface area contributed by atoms with E-state index < -0.39 is 5.97 Å². The van der Waals surface area contributed by atoms with Crippen molar-refractivity contribution >= 4 is 18.0 Å². The van der Waals surface area contributed by atoms with Crippen LogP contribution < -0.4 is 14.8 Å². The number of hydrogen-bond acceptors (Lipinski definition) is 4. The van der Waals surface area contributed by atoms with Gasteiger partial charge in [0.15, 0.2) is 18.1 Å². The molecule has 2 aromatic carbocycles. The van der Waals surface area contributed by atoms with E-state index in [0.717, 1.165) is 18.1 Å². The fourth-order valence-corrected chi connectivity index (χ4v) is 2.37. The quantitative estimate of drug-likeness (QED) is 0.629. The van der Waals surface area contributed by atoms with Gasteiger partial charge in [-0.05, 0) is 42.7 Å². The predicted molar refractivity (Wildman–Crippen MR) is 103 cm³/mol. The highest BCUT2D eigenvalue weighted by Crippen LogP contribution is 2.29. The average molecular weight is 369 g/mol. The van der Waals surface area contributed by atoms with E-state index in [1.807, 2.05) is 37.3 Å². The summed E-state index contributed by atoms with van der Waals surface area (Å²) in [6, 6.07) is 14.9. The molecule has 0 aliphatic carbocycles. The highest BCUT2D eigenvalue weighted by molar-refractivity contribution is 5.85. The van der Waals surface area contributed by atoms with Crippen LogP contribution in [0.2, 0.25) is 0 Å². The molecule has 6 nitrogen and oxygen atoms in total. The Morgan fingerprint density at radius 3 is 2.56 bits per heavy atom. The van der Waals surface area contributed by atoms with Crippen molar-refractivity contribution in [1.29, 1.82) is 0 Å². The number of carbonyl (C=O) groups is 2. The maximum absolute atomic E-state index is 12.0. The van der Waals surface area contributed by atoms with Crippen molar-refractivity contribution in [3.05, 3.63) is 65.7 Å². The molecular weight excluding hydrogens is 346 g/mol. The third-order valence-electron chi connectivity index (χ3n) is 3.62. The number of hydrogen-bond donors (Lipinski definition) is 2. The summed E-state index contributed by atoms with van der Waals surface area (Å²) in [6.45, 7) is 2.66. The third-order valence-corrected chi connectivity index (χ3v) is 3.62. The Morgan fingerprint density at radius 1 is 1.07 bits per heavy atom. The van der Waals surface area contributed by atoms with Crippen molar-refractivity contribution in [3.63, 3.8) is 0 Å². The first-order valence-electron chi connectivity index (χ1n) is 8.69. The molecule has 0 atom stereocenters. The minimum absolute atomic E-state index is 0.126. The van der Waals surface area contributed by atoms with Crippen LogP contribution in [0.4, 0.5) is 0 Å². The maximum atomic E-state index is 12.0. The number of nitrogens with one attached hydrogen (secondary N) is 1. The van der Waals surface area contributed by atoms with Gasteiger partial charge in [-0.15, -0.1) is 0 Å². The Kier molecular flexibility index (Phi) is 7.91. The molecule has 142 valence electrons. The van der Waals surface area contributed by atoms with Gasteiger partial charge in [-0.2, -0.15) is 0 Å². The summed E-state index contributed by atoms with van der Waals surface area (Å²) in [5, 5.41) is 11.5. The van der Waals surface area contributed by atoms with Gasteiger partial charge in [-0.25, -0.2) is 4.79 Å². The summed E-state index contributed by atoms with van der Waals surface area (Å²) in [4.78, 5) is 22.6. The van der Waals surface area contributed by atoms with Gasteiger partial charge in [0.1, 0.15) is 0 Å². The van der Waals surface area contributed by atoms with Gasteiger partial charge in [0.25, 0.3) is 5.91 Å². The van der Waals surface area contributed by atoms with Crippen LogP contribution >= 0.6 is 0 Å². The average Bonchev–Trinajstić information content (AvgIpc) is 2.66. The van der Waals surface area contributed by atoms with Gasteiger partial charge in [0.2, 0.25) is 0 Å². The SMILES string of the molecule is CCOc1cc(C=CC(=O)O)ccc1OCC(=O)NCCc1ccccc1. The topological polar surface area (TPSA) is 84.9 Å². The summed E-state index contributed by atoms with van der Waals surface area (Å²) in [5.41, 5.74) is 1.82. The van der Waals surface area contributed by atoms with E-state index in [2.05, 4.69) is 5.32 Å². The van der Waals surface area contributed by atoms with Gasteiger partial charge in [-0.3, -0.25) is 4.79 Å². The highest BCUT2D eigenvalue weighted by atomic mass is 16.5. The molecule has 1 amide bonds. The first-order valence-corrected chi connectivity index (χ1v) is 8.69. The first kappa shape index (κ1) is 20.0. The lowest BCUT2D eigenvalue weighted by atomic mass is 10.1. The van der Waals surface area contributed by atoms with Crippen LogP contribution in [0.15, 0.2) is 54.6 Å². The van der Waals surface area contributed by atoms with Crippen LogP contribution in [0.25, 0.3) is 6.08 Å². The number of ether oxygens (including phenoxy) is 2. The third kappa shape index (κ3) is 7.23. The molecule has 0 aliphatic rings. The second-order valence-corrected chi connectivity index (χ2v) is 5.68. The first-order chi connectivity index (χ1) is 13.1. The van der Waals surface area contributed by atoms with Crippen LogP contribution in [0.1, 0.15) is 18.1 Å². The van der Waals surface area contributed by atoms with Gasteiger partial charge < -0.3 is 19.9 Å². The zero-order valence-electron chi connectivity index (χ0n) is 15.2. The largest absolute Gasteiger partial charge is 0.490 e. The Bertz CT molecular complexity index is 786. The molecule has 0 aliphatic heterocycles. The Labute approximate surface area is 158 Å². The zero-order chi connectivity index (χ0) is 19.5. The molecule has 6 heteroatoms. The monoisotopic (exact) mass is 369 g/mol. The van der Waals surface area contributed by atoms with Crippen molar-refractivity contribution < 1.29 is 24.2 Å². The van der Waals surface area contributed by atoms with E-state index in [1.54, 1.807) is 18.2 Å². The Hall–Kier alpha value is -3.28. The van der Waals surface area contributed by atoms with Gasteiger partial charge >= 0.3 is 5.97 Å². The molecule has 0 unspecified atom stereocenters. The fourth-order valence-electron chi connectivity index (χ4n) is 2.37. The van der Waals surface area contributed by atoms with E-state index in [-0.39, 0.29) is 12.5 Å². The second kappa shape index (κ2) is 10.7. The smallest absolute Gasteiger partial charge is 0.328 e. The van der Waals surface area contributed by atoms with E-state index in [1.165, 1.54) is 6.08 Å². The van der Waals surface area contributed by atoms with E-state index in [9.17, 15) is 9.59 Å². The molecule has 0 bridgehead atoms. The van der Waals surface area contributed by atoms with Crippen LogP contribution in [-0.2, 0) is 16.0 Å². The van der Waals surface area contributed by atoms with Crippen LogP contribution in [0.3, 0.4) is 0 Å². The van der Waals surface area contributed by atoms with Crippen LogP contribution in [0.5, 0.6) is 11.5 Å². The number of carboxylic acids is 1. The molecule has 0 spiro atoms. The van der Waals surface area contributed by atoms with Crippen molar-refractivity contribution in [2.75, 3.05) is 19.8 Å². The molecule has 2 rings (SSSR count). The summed E-state index contributed by atoms with van der Waals surface area (Å²) in [7, 11) is 0. The molecule has 27 heavy (non-hydrogen) atoms. The van der Waals surface area contributed by atoms with Crippen LogP contribution in [-0.4, -0.2) is 36.7 Å². The lowest BCUT2D eigenvalue weighted by Gasteiger charge is -2.12. The number of amides is 1. The van der Waals surface area contributed by atoms with Gasteiger partial charge in [0, 0.05) is 12.6 Å². The highest BCUT2D eigenvalue weighted by Gasteiger charge is 2.09. The number of aliphatic carboxylic acids is 1. The fraction of sp³-hybridized carbons (Fsp3) is 0.238. The molecule has 0 aromatic heterocycles. The standard InChI is InChI=1S/C21H23NO5/c1-2-26-19-14-17(9-11-21(24)25)8-10-18(19)27-15-20(23)22-13-12-16-6-4-3-5-7-16/h3-11,14H,2,12-13,15H2,1H3,(H,22,23)(H,24,25). The van der Waals surface area contributed by atoms with Crippen molar-refractivity contribution in [2.45, 2.75) is 13.3 Å². The summed E-state index contributed by atoms with van der Waals surface area (Å²) in [5.74, 6) is -0.353. The minimum Gasteiger partial charge on any atom is -0.490 e. The Morgan fingerprint density at radius 2 is 1.85 bits per heavy atom. The van der Waals surface area contributed by atoms with Crippen molar-refractivity contribution in [3.8, 4) is 11.5 Å².